The lowest BCUT2D eigenvalue weighted by Gasteiger charge is -2.17. The van der Waals surface area contributed by atoms with Gasteiger partial charge >= 0.3 is 0 Å². The number of halogens is 1. The second-order valence-corrected chi connectivity index (χ2v) is 8.60. The Labute approximate surface area is 157 Å². The van der Waals surface area contributed by atoms with E-state index in [2.05, 4.69) is 4.98 Å². The molecule has 1 fully saturated rings. The molecule has 25 heavy (non-hydrogen) atoms. The maximum absolute atomic E-state index is 12.8. The molecule has 4 nitrogen and oxygen atoms in total. The minimum atomic E-state index is -0.452. The molecule has 7 heteroatoms. The molecule has 2 aromatic carbocycles. The highest BCUT2D eigenvalue weighted by molar-refractivity contribution is 8.02. The summed E-state index contributed by atoms with van der Waals surface area (Å²) >= 11 is 9.03. The molecule has 2 amide bonds. The molecule has 4 rings (SSSR count). The third-order valence-electron chi connectivity index (χ3n) is 4.10. The van der Waals surface area contributed by atoms with Gasteiger partial charge in [0.05, 0.1) is 15.9 Å². The second kappa shape index (κ2) is 6.44. The number of thiazole rings is 1. The van der Waals surface area contributed by atoms with Crippen LogP contribution in [0.2, 0.25) is 5.02 Å². The fourth-order valence-electron chi connectivity index (χ4n) is 2.81. The molecule has 1 aliphatic heterocycles. The third kappa shape index (κ3) is 2.94. The smallest absolute Gasteiger partial charge is 0.247 e. The number of amides is 2. The fraction of sp³-hybridized carbons (Fsp3) is 0.167. The number of aromatic nitrogens is 1. The standard InChI is InChI=1S/C18H13ClN2O2S2/c1-10-11(19)5-4-7-13(10)21-16(22)9-15(17(21)23)25-18-20-12-6-2-3-8-14(12)24-18/h2-8,15H,9H2,1H3/t15-/m0/s1. The Hall–Kier alpha value is -1.89. The van der Waals surface area contributed by atoms with Crippen LogP contribution < -0.4 is 4.90 Å². The molecular weight excluding hydrogens is 376 g/mol. The zero-order valence-corrected chi connectivity index (χ0v) is 15.6. The van der Waals surface area contributed by atoms with Crippen LogP contribution in [0, 0.1) is 6.92 Å². The molecule has 0 radical (unpaired) electrons. The summed E-state index contributed by atoms with van der Waals surface area (Å²) in [6.07, 6.45) is 0.172. The van der Waals surface area contributed by atoms with E-state index < -0.39 is 5.25 Å². The van der Waals surface area contributed by atoms with Gasteiger partial charge in [0.2, 0.25) is 11.8 Å². The number of hydrogen-bond donors (Lipinski definition) is 0. The summed E-state index contributed by atoms with van der Waals surface area (Å²) in [4.78, 5) is 31.1. The van der Waals surface area contributed by atoms with Crippen molar-refractivity contribution in [2.24, 2.45) is 0 Å². The number of rotatable bonds is 3. The van der Waals surface area contributed by atoms with Crippen molar-refractivity contribution in [1.82, 2.24) is 4.98 Å². The molecule has 1 aromatic heterocycles. The summed E-state index contributed by atoms with van der Waals surface area (Å²) in [6.45, 7) is 1.81. The largest absolute Gasteiger partial charge is 0.274 e. The van der Waals surface area contributed by atoms with Crippen molar-refractivity contribution in [3.8, 4) is 0 Å². The van der Waals surface area contributed by atoms with Crippen molar-refractivity contribution in [2.45, 2.75) is 22.9 Å². The van der Waals surface area contributed by atoms with Crippen molar-refractivity contribution in [3.05, 3.63) is 53.1 Å². The Morgan fingerprint density at radius 3 is 2.80 bits per heavy atom. The Morgan fingerprint density at radius 2 is 2.00 bits per heavy atom. The molecule has 1 saturated heterocycles. The average Bonchev–Trinajstić information content (AvgIpc) is 3.11. The second-order valence-electron chi connectivity index (χ2n) is 5.71. The van der Waals surface area contributed by atoms with E-state index in [1.54, 1.807) is 18.2 Å². The first-order chi connectivity index (χ1) is 12.0. The van der Waals surface area contributed by atoms with Crippen molar-refractivity contribution in [3.63, 3.8) is 0 Å². The molecule has 0 saturated carbocycles. The average molecular weight is 389 g/mol. The van der Waals surface area contributed by atoms with E-state index in [1.807, 2.05) is 31.2 Å². The number of benzene rings is 2. The van der Waals surface area contributed by atoms with E-state index in [0.717, 1.165) is 20.1 Å². The number of nitrogens with zero attached hydrogens (tertiary/aromatic N) is 2. The van der Waals surface area contributed by atoms with Gasteiger partial charge < -0.3 is 0 Å². The number of carbonyl (C=O) groups is 2. The van der Waals surface area contributed by atoms with Crippen LogP contribution in [-0.4, -0.2) is 22.0 Å². The summed E-state index contributed by atoms with van der Waals surface area (Å²) in [5, 5.41) is 0.0896. The number of fused-ring (bicyclic) bond motifs is 1. The molecule has 3 aromatic rings. The van der Waals surface area contributed by atoms with Crippen LogP contribution in [-0.2, 0) is 9.59 Å². The molecule has 0 unspecified atom stereocenters. The maximum atomic E-state index is 12.8. The van der Waals surface area contributed by atoms with Crippen LogP contribution in [0.5, 0.6) is 0 Å². The predicted molar refractivity (Wildman–Crippen MR) is 103 cm³/mol. The molecule has 0 bridgehead atoms. The van der Waals surface area contributed by atoms with Gasteiger partial charge in [-0.3, -0.25) is 9.59 Å². The minimum Gasteiger partial charge on any atom is -0.274 e. The molecular formula is C18H13ClN2O2S2. The Morgan fingerprint density at radius 1 is 1.20 bits per heavy atom. The van der Waals surface area contributed by atoms with Gasteiger partial charge in [0.15, 0.2) is 4.34 Å². The summed E-state index contributed by atoms with van der Waals surface area (Å²) in [7, 11) is 0. The maximum Gasteiger partial charge on any atom is 0.247 e. The van der Waals surface area contributed by atoms with Gasteiger partial charge in [-0.15, -0.1) is 11.3 Å². The Kier molecular flexibility index (Phi) is 4.27. The number of anilines is 1. The molecule has 0 spiro atoms. The molecule has 2 heterocycles. The van der Waals surface area contributed by atoms with Crippen molar-refractivity contribution in [1.29, 1.82) is 0 Å². The van der Waals surface area contributed by atoms with Crippen molar-refractivity contribution in [2.75, 3.05) is 4.90 Å². The predicted octanol–water partition coefficient (Wildman–Crippen LogP) is 4.68. The van der Waals surface area contributed by atoms with E-state index >= 15 is 0 Å². The lowest BCUT2D eigenvalue weighted by atomic mass is 10.2. The van der Waals surface area contributed by atoms with Gasteiger partial charge in [-0.2, -0.15) is 0 Å². The zero-order valence-electron chi connectivity index (χ0n) is 13.2. The highest BCUT2D eigenvalue weighted by Crippen LogP contribution is 2.38. The number of carbonyl (C=O) groups excluding carboxylic acids is 2. The normalized spacial score (nSPS) is 17.7. The molecule has 126 valence electrons. The van der Waals surface area contributed by atoms with Crippen LogP contribution in [0.3, 0.4) is 0 Å². The zero-order chi connectivity index (χ0) is 17.6. The van der Waals surface area contributed by atoms with Gasteiger partial charge in [0.1, 0.15) is 5.25 Å². The first-order valence-corrected chi connectivity index (χ1v) is 9.76. The van der Waals surface area contributed by atoms with Gasteiger partial charge in [-0.1, -0.05) is 41.6 Å². The quantitative estimate of drug-likeness (QED) is 0.611. The third-order valence-corrected chi connectivity index (χ3v) is 6.83. The SMILES string of the molecule is Cc1c(Cl)cccc1N1C(=O)C[C@H](Sc2nc3ccccc3s2)C1=O. The van der Waals surface area contributed by atoms with Crippen molar-refractivity contribution >= 4 is 62.4 Å². The van der Waals surface area contributed by atoms with E-state index in [9.17, 15) is 9.59 Å². The van der Waals surface area contributed by atoms with E-state index in [-0.39, 0.29) is 18.2 Å². The number of hydrogen-bond acceptors (Lipinski definition) is 5. The molecule has 0 aliphatic carbocycles. The fourth-order valence-corrected chi connectivity index (χ4v) is 5.31. The van der Waals surface area contributed by atoms with Crippen LogP contribution in [0.4, 0.5) is 5.69 Å². The first-order valence-electron chi connectivity index (χ1n) is 7.69. The number of para-hydroxylation sites is 1. The van der Waals surface area contributed by atoms with Gasteiger partial charge in [-0.25, -0.2) is 9.88 Å². The van der Waals surface area contributed by atoms with Crippen LogP contribution in [0.1, 0.15) is 12.0 Å². The van der Waals surface area contributed by atoms with Gasteiger partial charge in [0.25, 0.3) is 0 Å². The number of imide groups is 1. The summed E-state index contributed by atoms with van der Waals surface area (Å²) in [5.41, 5.74) is 2.21. The van der Waals surface area contributed by atoms with Crippen molar-refractivity contribution < 1.29 is 9.59 Å². The van der Waals surface area contributed by atoms with Crippen LogP contribution >= 0.6 is 34.7 Å². The first kappa shape index (κ1) is 16.6. The summed E-state index contributed by atoms with van der Waals surface area (Å²) in [6, 6.07) is 13.1. The Bertz CT molecular complexity index is 969. The lowest BCUT2D eigenvalue weighted by molar-refractivity contribution is -0.121. The summed E-state index contributed by atoms with van der Waals surface area (Å²) < 4.78 is 1.88. The molecule has 1 aliphatic rings. The van der Waals surface area contributed by atoms with E-state index in [4.69, 9.17) is 11.6 Å². The molecule has 1 atom stereocenters. The number of thioether (sulfide) groups is 1. The Balaban J connectivity index is 1.61. The topological polar surface area (TPSA) is 50.3 Å². The minimum absolute atomic E-state index is 0.172. The highest BCUT2D eigenvalue weighted by atomic mass is 35.5. The lowest BCUT2D eigenvalue weighted by Crippen LogP contribution is -2.31. The van der Waals surface area contributed by atoms with Crippen LogP contribution in [0.25, 0.3) is 10.2 Å². The van der Waals surface area contributed by atoms with Gasteiger partial charge in [0, 0.05) is 11.4 Å². The molecule has 0 N–H and O–H groups in total. The summed E-state index contributed by atoms with van der Waals surface area (Å²) in [5.74, 6) is -0.409. The highest BCUT2D eigenvalue weighted by Gasteiger charge is 2.41. The van der Waals surface area contributed by atoms with E-state index in [0.29, 0.717) is 10.7 Å². The van der Waals surface area contributed by atoms with E-state index in [1.165, 1.54) is 28.0 Å². The monoisotopic (exact) mass is 388 g/mol. The van der Waals surface area contributed by atoms with Crippen LogP contribution in [0.15, 0.2) is 46.8 Å². The van der Waals surface area contributed by atoms with Gasteiger partial charge in [-0.05, 0) is 36.8 Å².